The lowest BCUT2D eigenvalue weighted by Gasteiger charge is -2.23. The van der Waals surface area contributed by atoms with Crippen molar-refractivity contribution in [3.05, 3.63) is 30.3 Å². The Morgan fingerprint density at radius 2 is 1.96 bits per heavy atom. The van der Waals surface area contributed by atoms with Gasteiger partial charge in [0.05, 0.1) is 5.92 Å². The molecular formula is C17H19NO5. The van der Waals surface area contributed by atoms with E-state index in [1.165, 1.54) is 0 Å². The van der Waals surface area contributed by atoms with Crippen LogP contribution in [-0.2, 0) is 23.9 Å². The van der Waals surface area contributed by atoms with Crippen LogP contribution in [0.1, 0.15) is 20.3 Å². The van der Waals surface area contributed by atoms with Gasteiger partial charge in [-0.05, 0) is 12.1 Å². The number of hydrogen-bond donors (Lipinski definition) is 0. The minimum atomic E-state index is -0.907. The molecule has 0 spiro atoms. The Morgan fingerprint density at radius 1 is 1.26 bits per heavy atom. The molecule has 2 atom stereocenters. The quantitative estimate of drug-likeness (QED) is 0.791. The molecule has 2 aliphatic rings. The van der Waals surface area contributed by atoms with Crippen molar-refractivity contribution in [1.82, 2.24) is 0 Å². The predicted molar refractivity (Wildman–Crippen MR) is 81.5 cm³/mol. The first-order valence-corrected chi connectivity index (χ1v) is 7.61. The molecule has 23 heavy (non-hydrogen) atoms. The molecule has 0 radical (unpaired) electrons. The van der Waals surface area contributed by atoms with Crippen molar-refractivity contribution in [3.8, 4) is 0 Å². The van der Waals surface area contributed by atoms with Gasteiger partial charge in [0.2, 0.25) is 12.0 Å². The lowest BCUT2D eigenvalue weighted by Crippen LogP contribution is -2.37. The first-order valence-electron chi connectivity index (χ1n) is 7.61. The topological polar surface area (TPSA) is 72.9 Å². The van der Waals surface area contributed by atoms with E-state index in [0.29, 0.717) is 0 Å². The number of cyclic esters (lactones) is 1. The Morgan fingerprint density at radius 3 is 2.57 bits per heavy atom. The number of esters is 2. The van der Waals surface area contributed by atoms with E-state index in [0.717, 1.165) is 5.69 Å². The molecular weight excluding hydrogens is 298 g/mol. The van der Waals surface area contributed by atoms with E-state index in [9.17, 15) is 14.4 Å². The van der Waals surface area contributed by atoms with Crippen molar-refractivity contribution in [2.24, 2.45) is 11.3 Å². The zero-order chi connectivity index (χ0) is 16.6. The van der Waals surface area contributed by atoms with Gasteiger partial charge in [-0.2, -0.15) is 0 Å². The zero-order valence-electron chi connectivity index (χ0n) is 13.2. The van der Waals surface area contributed by atoms with Crippen LogP contribution >= 0.6 is 0 Å². The molecule has 1 amide bonds. The molecule has 0 aromatic heterocycles. The van der Waals surface area contributed by atoms with E-state index in [1.807, 2.05) is 44.2 Å². The molecule has 3 rings (SSSR count). The molecule has 2 fully saturated rings. The van der Waals surface area contributed by atoms with Crippen LogP contribution in [0, 0.1) is 11.3 Å². The summed E-state index contributed by atoms with van der Waals surface area (Å²) in [5, 5.41) is 0. The number of para-hydroxylation sites is 1. The number of anilines is 1. The summed E-state index contributed by atoms with van der Waals surface area (Å²) >= 11 is 0. The van der Waals surface area contributed by atoms with Gasteiger partial charge < -0.3 is 14.4 Å². The highest BCUT2D eigenvalue weighted by Gasteiger charge is 2.48. The number of amides is 1. The summed E-state index contributed by atoms with van der Waals surface area (Å²) in [4.78, 5) is 37.8. The van der Waals surface area contributed by atoms with E-state index >= 15 is 0 Å². The minimum absolute atomic E-state index is 0.0932. The Hall–Kier alpha value is -2.37. The van der Waals surface area contributed by atoms with E-state index in [-0.39, 0.29) is 25.5 Å². The molecule has 0 aliphatic carbocycles. The fraction of sp³-hybridized carbons (Fsp3) is 0.471. The number of hydrogen-bond acceptors (Lipinski definition) is 5. The normalized spacial score (nSPS) is 26.3. The summed E-state index contributed by atoms with van der Waals surface area (Å²) in [5.41, 5.74) is 0.211. The van der Waals surface area contributed by atoms with Crippen LogP contribution in [0.3, 0.4) is 0 Å². The van der Waals surface area contributed by atoms with Crippen LogP contribution in [-0.4, -0.2) is 37.1 Å². The number of rotatable bonds is 3. The number of benzene rings is 1. The van der Waals surface area contributed by atoms with Gasteiger partial charge in [-0.15, -0.1) is 0 Å². The minimum Gasteiger partial charge on any atom is -0.462 e. The monoisotopic (exact) mass is 317 g/mol. The molecule has 1 aromatic carbocycles. The van der Waals surface area contributed by atoms with Gasteiger partial charge in [-0.25, -0.2) is 4.79 Å². The summed E-state index contributed by atoms with van der Waals surface area (Å²) in [6.45, 7) is 4.12. The summed E-state index contributed by atoms with van der Waals surface area (Å²) < 4.78 is 10.3. The lowest BCUT2D eigenvalue weighted by atomic mass is 9.89. The molecule has 6 heteroatoms. The maximum absolute atomic E-state index is 12.3. The van der Waals surface area contributed by atoms with Gasteiger partial charge in [-0.3, -0.25) is 9.59 Å². The number of carbonyl (C=O) groups excluding carboxylic acids is 3. The first kappa shape index (κ1) is 15.5. The van der Waals surface area contributed by atoms with Crippen molar-refractivity contribution < 1.29 is 23.9 Å². The van der Waals surface area contributed by atoms with Gasteiger partial charge in [0.1, 0.15) is 6.61 Å². The van der Waals surface area contributed by atoms with Crippen LogP contribution < -0.4 is 4.90 Å². The van der Waals surface area contributed by atoms with Gasteiger partial charge in [-0.1, -0.05) is 32.0 Å². The van der Waals surface area contributed by atoms with Crippen LogP contribution in [0.4, 0.5) is 5.69 Å². The van der Waals surface area contributed by atoms with Crippen LogP contribution in [0.5, 0.6) is 0 Å². The van der Waals surface area contributed by atoms with Crippen LogP contribution in [0.25, 0.3) is 0 Å². The van der Waals surface area contributed by atoms with Gasteiger partial charge in [0.25, 0.3) is 0 Å². The summed E-state index contributed by atoms with van der Waals surface area (Å²) in [6, 6.07) is 9.19. The SMILES string of the molecule is CC1(C)COC(=O)[C@@H]1OC(=O)[C@@H]1CC(=O)N(c2ccccc2)C1. The van der Waals surface area contributed by atoms with Crippen LogP contribution in [0.15, 0.2) is 30.3 Å². The molecule has 6 nitrogen and oxygen atoms in total. The smallest absolute Gasteiger partial charge is 0.348 e. The maximum atomic E-state index is 12.3. The molecule has 0 saturated carbocycles. The fourth-order valence-electron chi connectivity index (χ4n) is 2.87. The van der Waals surface area contributed by atoms with Crippen molar-refractivity contribution in [1.29, 1.82) is 0 Å². The fourth-order valence-corrected chi connectivity index (χ4v) is 2.87. The third kappa shape index (κ3) is 2.93. The Labute approximate surface area is 134 Å². The van der Waals surface area contributed by atoms with Gasteiger partial charge in [0, 0.05) is 24.1 Å². The highest BCUT2D eigenvalue weighted by atomic mass is 16.6. The summed E-state index contributed by atoms with van der Waals surface area (Å²) in [5.74, 6) is -1.72. The van der Waals surface area contributed by atoms with E-state index in [2.05, 4.69) is 0 Å². The maximum Gasteiger partial charge on any atom is 0.348 e. The number of carbonyl (C=O) groups is 3. The number of nitrogens with zero attached hydrogens (tertiary/aromatic N) is 1. The average molecular weight is 317 g/mol. The lowest BCUT2D eigenvalue weighted by molar-refractivity contribution is -0.166. The second-order valence-corrected chi connectivity index (χ2v) is 6.65. The highest BCUT2D eigenvalue weighted by molar-refractivity contribution is 5.99. The molecule has 2 aliphatic heterocycles. The Kier molecular flexibility index (Phi) is 3.83. The van der Waals surface area contributed by atoms with Crippen molar-refractivity contribution in [2.75, 3.05) is 18.1 Å². The van der Waals surface area contributed by atoms with Gasteiger partial charge in [0.15, 0.2) is 0 Å². The summed E-state index contributed by atoms with van der Waals surface area (Å²) in [7, 11) is 0. The predicted octanol–water partition coefficient (Wildman–Crippen LogP) is 1.53. The van der Waals surface area contributed by atoms with Gasteiger partial charge >= 0.3 is 11.9 Å². The Bertz CT molecular complexity index is 640. The number of ether oxygens (including phenoxy) is 2. The van der Waals surface area contributed by atoms with Crippen LogP contribution in [0.2, 0.25) is 0 Å². The van der Waals surface area contributed by atoms with E-state index in [1.54, 1.807) is 4.90 Å². The molecule has 1 aromatic rings. The Balaban J connectivity index is 1.68. The molecule has 2 heterocycles. The van der Waals surface area contributed by atoms with Crippen molar-refractivity contribution >= 4 is 23.5 Å². The van der Waals surface area contributed by atoms with Crippen molar-refractivity contribution in [2.45, 2.75) is 26.4 Å². The zero-order valence-corrected chi connectivity index (χ0v) is 13.2. The van der Waals surface area contributed by atoms with Crippen molar-refractivity contribution in [3.63, 3.8) is 0 Å². The highest BCUT2D eigenvalue weighted by Crippen LogP contribution is 2.33. The second-order valence-electron chi connectivity index (χ2n) is 6.65. The molecule has 0 unspecified atom stereocenters. The summed E-state index contributed by atoms with van der Waals surface area (Å²) in [6.07, 6.45) is -0.813. The first-order chi connectivity index (χ1) is 10.9. The third-order valence-corrected chi connectivity index (χ3v) is 4.27. The largest absolute Gasteiger partial charge is 0.462 e. The second kappa shape index (κ2) is 5.68. The molecule has 0 bridgehead atoms. The molecule has 0 N–H and O–H groups in total. The average Bonchev–Trinajstić information content (AvgIpc) is 3.03. The third-order valence-electron chi connectivity index (χ3n) is 4.27. The molecule has 122 valence electrons. The van der Waals surface area contributed by atoms with E-state index < -0.39 is 29.4 Å². The standard InChI is InChI=1S/C17H19NO5/c1-17(2)10-22-16(21)14(17)23-15(20)11-8-13(19)18(9-11)12-6-4-3-5-7-12/h3-7,11,14H,8-10H2,1-2H3/t11-,14+/m1/s1. The molecule has 2 saturated heterocycles. The van der Waals surface area contributed by atoms with E-state index in [4.69, 9.17) is 9.47 Å².